The predicted molar refractivity (Wildman–Crippen MR) is 79.6 cm³/mol. The first kappa shape index (κ1) is 14.3. The van der Waals surface area contributed by atoms with Crippen LogP contribution in [-0.2, 0) is 4.79 Å². The van der Waals surface area contributed by atoms with E-state index in [9.17, 15) is 4.79 Å². The van der Waals surface area contributed by atoms with Crippen molar-refractivity contribution in [2.45, 2.75) is 26.8 Å². The lowest BCUT2D eigenvalue weighted by Crippen LogP contribution is -2.45. The van der Waals surface area contributed by atoms with E-state index >= 15 is 0 Å². The Morgan fingerprint density at radius 2 is 2.05 bits per heavy atom. The zero-order valence-electron chi connectivity index (χ0n) is 12.0. The molecule has 0 aliphatic heterocycles. The Morgan fingerprint density at radius 3 is 2.65 bits per heavy atom. The van der Waals surface area contributed by atoms with Crippen molar-refractivity contribution in [2.75, 3.05) is 5.32 Å². The van der Waals surface area contributed by atoms with E-state index in [0.717, 1.165) is 11.4 Å². The van der Waals surface area contributed by atoms with E-state index in [2.05, 4.69) is 10.3 Å². The second-order valence-corrected chi connectivity index (χ2v) is 5.82. The number of hydrogen-bond donors (Lipinski definition) is 2. The van der Waals surface area contributed by atoms with Crippen molar-refractivity contribution >= 4 is 11.6 Å². The highest BCUT2D eigenvalue weighted by atomic mass is 16.2. The highest BCUT2D eigenvalue weighted by Gasteiger charge is 2.27. The van der Waals surface area contributed by atoms with Gasteiger partial charge in [0.1, 0.15) is 0 Å². The summed E-state index contributed by atoms with van der Waals surface area (Å²) in [5.74, 6) is -0.190. The average molecular weight is 272 g/mol. The summed E-state index contributed by atoms with van der Waals surface area (Å²) in [5, 5.41) is 2.89. The molecular weight excluding hydrogens is 252 g/mol. The Balaban J connectivity index is 2.25. The third kappa shape index (κ3) is 3.05. The number of carbonyl (C=O) groups excluding carboxylic acids is 1. The Bertz CT molecular complexity index is 584. The molecule has 1 atom stereocenters. The zero-order valence-corrected chi connectivity index (χ0v) is 12.0. The molecule has 0 spiro atoms. The Morgan fingerprint density at radius 1 is 1.35 bits per heavy atom. The van der Waals surface area contributed by atoms with Gasteiger partial charge >= 0.3 is 0 Å². The smallest absolute Gasteiger partial charge is 0.241 e. The molecule has 0 saturated heterocycles. The van der Waals surface area contributed by atoms with Crippen LogP contribution in [0.15, 0.2) is 43.0 Å². The number of nitrogens with zero attached hydrogens (tertiary/aromatic N) is 2. The Hall–Kier alpha value is -2.14. The van der Waals surface area contributed by atoms with Gasteiger partial charge in [0.25, 0.3) is 0 Å². The summed E-state index contributed by atoms with van der Waals surface area (Å²) in [7, 11) is 0. The van der Waals surface area contributed by atoms with E-state index < -0.39 is 6.04 Å². The van der Waals surface area contributed by atoms with E-state index in [1.807, 2.05) is 55.8 Å². The summed E-state index contributed by atoms with van der Waals surface area (Å²) in [6.45, 7) is 5.83. The molecule has 0 fully saturated rings. The van der Waals surface area contributed by atoms with Crippen LogP contribution in [0.5, 0.6) is 0 Å². The summed E-state index contributed by atoms with van der Waals surface area (Å²) < 4.78 is 1.85. The monoisotopic (exact) mass is 272 g/mol. The van der Waals surface area contributed by atoms with E-state index in [1.165, 1.54) is 0 Å². The number of nitrogens with two attached hydrogens (primary N) is 1. The molecule has 0 aliphatic carbocycles. The third-order valence-electron chi connectivity index (χ3n) is 3.16. The van der Waals surface area contributed by atoms with E-state index in [0.29, 0.717) is 0 Å². The molecule has 2 aromatic rings. The number of aromatic nitrogens is 2. The number of amides is 1. The lowest BCUT2D eigenvalue weighted by Gasteiger charge is -2.26. The summed E-state index contributed by atoms with van der Waals surface area (Å²) in [5.41, 5.74) is 7.27. The molecule has 5 nitrogen and oxygen atoms in total. The van der Waals surface area contributed by atoms with Crippen LogP contribution >= 0.6 is 0 Å². The van der Waals surface area contributed by atoms with Crippen LogP contribution in [0.3, 0.4) is 0 Å². The maximum absolute atomic E-state index is 12.2. The van der Waals surface area contributed by atoms with Crippen molar-refractivity contribution in [1.82, 2.24) is 9.55 Å². The molecule has 0 unspecified atom stereocenters. The maximum Gasteiger partial charge on any atom is 0.241 e. The van der Waals surface area contributed by atoms with Crippen LogP contribution < -0.4 is 11.1 Å². The molecule has 20 heavy (non-hydrogen) atoms. The minimum absolute atomic E-state index is 0.190. The van der Waals surface area contributed by atoms with Crippen LogP contribution in [0.1, 0.15) is 20.8 Å². The van der Waals surface area contributed by atoms with Gasteiger partial charge in [0.15, 0.2) is 0 Å². The zero-order chi connectivity index (χ0) is 14.8. The molecule has 0 radical (unpaired) electrons. The highest BCUT2D eigenvalue weighted by Crippen LogP contribution is 2.22. The summed E-state index contributed by atoms with van der Waals surface area (Å²) in [4.78, 5) is 16.2. The molecule has 106 valence electrons. The van der Waals surface area contributed by atoms with E-state index in [-0.39, 0.29) is 11.3 Å². The fourth-order valence-electron chi connectivity index (χ4n) is 1.81. The Kier molecular flexibility index (Phi) is 3.90. The maximum atomic E-state index is 12.2. The van der Waals surface area contributed by atoms with Crippen molar-refractivity contribution in [1.29, 1.82) is 0 Å². The molecule has 0 saturated carbocycles. The highest BCUT2D eigenvalue weighted by molar-refractivity contribution is 5.96. The number of nitrogens with one attached hydrogen (secondary N) is 1. The summed E-state index contributed by atoms with van der Waals surface area (Å²) in [6, 6.07) is 6.98. The van der Waals surface area contributed by atoms with Gasteiger partial charge in [-0.1, -0.05) is 32.9 Å². The van der Waals surface area contributed by atoms with Gasteiger partial charge in [0.2, 0.25) is 5.91 Å². The molecule has 5 heteroatoms. The first-order chi connectivity index (χ1) is 9.39. The van der Waals surface area contributed by atoms with Crippen LogP contribution in [0.25, 0.3) is 5.69 Å². The van der Waals surface area contributed by atoms with Crippen molar-refractivity contribution in [3.05, 3.63) is 43.0 Å². The molecule has 1 heterocycles. The van der Waals surface area contributed by atoms with Crippen molar-refractivity contribution < 1.29 is 4.79 Å². The molecule has 2 rings (SSSR count). The van der Waals surface area contributed by atoms with Crippen molar-refractivity contribution in [2.24, 2.45) is 11.1 Å². The molecule has 1 aromatic heterocycles. The SMILES string of the molecule is CC(C)(C)[C@H](N)C(=O)Nc1ccccc1-n1ccnc1. The standard InChI is InChI=1S/C15H20N4O/c1-15(2,3)13(16)14(20)18-11-6-4-5-7-12(11)19-9-8-17-10-19/h4-10,13H,16H2,1-3H3,(H,18,20)/t13-/m1/s1. The number of para-hydroxylation sites is 2. The fourth-order valence-corrected chi connectivity index (χ4v) is 1.81. The molecule has 1 aromatic carbocycles. The molecule has 1 amide bonds. The van der Waals surface area contributed by atoms with E-state index in [4.69, 9.17) is 5.73 Å². The average Bonchev–Trinajstić information content (AvgIpc) is 2.91. The number of hydrogen-bond acceptors (Lipinski definition) is 3. The lowest BCUT2D eigenvalue weighted by atomic mass is 9.87. The minimum atomic E-state index is -0.571. The second kappa shape index (κ2) is 5.46. The molecule has 0 bridgehead atoms. The van der Waals surface area contributed by atoms with Gasteiger partial charge in [0, 0.05) is 12.4 Å². The second-order valence-electron chi connectivity index (χ2n) is 5.82. The predicted octanol–water partition coefficient (Wildman–Crippen LogP) is 2.18. The quantitative estimate of drug-likeness (QED) is 0.899. The van der Waals surface area contributed by atoms with Crippen LogP contribution in [0.4, 0.5) is 5.69 Å². The summed E-state index contributed by atoms with van der Waals surface area (Å²) in [6.07, 6.45) is 5.21. The number of benzene rings is 1. The number of rotatable bonds is 3. The minimum Gasteiger partial charge on any atom is -0.323 e. The van der Waals surface area contributed by atoms with Crippen molar-refractivity contribution in [3.63, 3.8) is 0 Å². The summed E-state index contributed by atoms with van der Waals surface area (Å²) >= 11 is 0. The fraction of sp³-hybridized carbons (Fsp3) is 0.333. The first-order valence-electron chi connectivity index (χ1n) is 6.53. The van der Waals surface area contributed by atoms with Gasteiger partial charge in [-0.2, -0.15) is 0 Å². The van der Waals surface area contributed by atoms with Gasteiger partial charge in [-0.3, -0.25) is 4.79 Å². The van der Waals surface area contributed by atoms with Crippen LogP contribution in [0.2, 0.25) is 0 Å². The molecular formula is C15H20N4O. The molecule has 0 aliphatic rings. The Labute approximate surface area is 118 Å². The first-order valence-corrected chi connectivity index (χ1v) is 6.53. The third-order valence-corrected chi connectivity index (χ3v) is 3.16. The van der Waals surface area contributed by atoms with Gasteiger partial charge < -0.3 is 15.6 Å². The number of anilines is 1. The van der Waals surface area contributed by atoms with Crippen LogP contribution in [0, 0.1) is 5.41 Å². The van der Waals surface area contributed by atoms with Gasteiger partial charge in [-0.25, -0.2) is 4.98 Å². The lowest BCUT2D eigenvalue weighted by molar-refractivity contribution is -0.119. The van der Waals surface area contributed by atoms with Crippen LogP contribution in [-0.4, -0.2) is 21.5 Å². The van der Waals surface area contributed by atoms with E-state index in [1.54, 1.807) is 12.5 Å². The van der Waals surface area contributed by atoms with Gasteiger partial charge in [-0.05, 0) is 17.5 Å². The number of carbonyl (C=O) groups is 1. The largest absolute Gasteiger partial charge is 0.323 e. The van der Waals surface area contributed by atoms with Gasteiger partial charge in [0.05, 0.1) is 23.7 Å². The topological polar surface area (TPSA) is 72.9 Å². The van der Waals surface area contributed by atoms with Crippen molar-refractivity contribution in [3.8, 4) is 5.69 Å². The van der Waals surface area contributed by atoms with Gasteiger partial charge in [-0.15, -0.1) is 0 Å². The number of imidazole rings is 1. The normalized spacial score (nSPS) is 13.0. The molecule has 3 N–H and O–H groups in total.